The second kappa shape index (κ2) is 12.2. The standard InChI is InChI=1S/C14H18Cl2O.C3H8.C2H6/c1-9-13(15)7-11(8-14(9)16)10-3-5-12(17-2)6-4-10;1-3-2;1-2/h7-8,10,12H,3-6H2,1-2H3;3H2,1-2H3;1-2H3. The van der Waals surface area contributed by atoms with Gasteiger partial charge in [0.05, 0.1) is 6.10 Å². The Morgan fingerprint density at radius 2 is 1.41 bits per heavy atom. The first kappa shape index (κ1) is 21.8. The van der Waals surface area contributed by atoms with Crippen molar-refractivity contribution in [2.45, 2.75) is 78.7 Å². The molecule has 0 saturated heterocycles. The molecule has 1 nitrogen and oxygen atoms in total. The van der Waals surface area contributed by atoms with Gasteiger partial charge >= 0.3 is 0 Å². The number of hydrogen-bond acceptors (Lipinski definition) is 1. The Balaban J connectivity index is 0.000000789. The Morgan fingerprint density at radius 3 is 1.77 bits per heavy atom. The Morgan fingerprint density at radius 1 is 1.00 bits per heavy atom. The van der Waals surface area contributed by atoms with E-state index in [0.717, 1.165) is 41.3 Å². The monoisotopic (exact) mass is 346 g/mol. The lowest BCUT2D eigenvalue weighted by molar-refractivity contribution is 0.0659. The summed E-state index contributed by atoms with van der Waals surface area (Å²) in [6.07, 6.45) is 6.26. The molecule has 0 amide bonds. The van der Waals surface area contributed by atoms with Crippen molar-refractivity contribution in [3.8, 4) is 0 Å². The van der Waals surface area contributed by atoms with Gasteiger partial charge in [-0.3, -0.25) is 0 Å². The van der Waals surface area contributed by atoms with Crippen LogP contribution in [0.4, 0.5) is 0 Å². The highest BCUT2D eigenvalue weighted by atomic mass is 35.5. The Bertz CT molecular complexity index is 387. The number of hydrogen-bond donors (Lipinski definition) is 0. The average Bonchev–Trinajstić information content (AvgIpc) is 2.55. The van der Waals surface area contributed by atoms with Crippen LogP contribution in [0.15, 0.2) is 12.1 Å². The van der Waals surface area contributed by atoms with E-state index in [1.807, 2.05) is 20.8 Å². The zero-order valence-electron chi connectivity index (χ0n) is 15.0. The lowest BCUT2D eigenvalue weighted by Crippen LogP contribution is -2.19. The van der Waals surface area contributed by atoms with Gasteiger partial charge in [-0.15, -0.1) is 0 Å². The Kier molecular flexibility index (Phi) is 12.1. The molecule has 0 aromatic heterocycles. The molecule has 3 heteroatoms. The molecule has 1 aromatic carbocycles. The summed E-state index contributed by atoms with van der Waals surface area (Å²) in [5.41, 5.74) is 2.25. The summed E-state index contributed by atoms with van der Waals surface area (Å²) in [7, 11) is 1.80. The van der Waals surface area contributed by atoms with E-state index in [2.05, 4.69) is 26.0 Å². The van der Waals surface area contributed by atoms with Gasteiger partial charge in [-0.05, 0) is 61.8 Å². The molecule has 1 aromatic rings. The van der Waals surface area contributed by atoms with E-state index in [9.17, 15) is 0 Å². The van der Waals surface area contributed by atoms with E-state index in [4.69, 9.17) is 27.9 Å². The maximum Gasteiger partial charge on any atom is 0.0571 e. The van der Waals surface area contributed by atoms with Crippen molar-refractivity contribution in [1.29, 1.82) is 0 Å². The summed E-state index contributed by atoms with van der Waals surface area (Å²) in [6.45, 7) is 10.2. The third-order valence-electron chi connectivity index (χ3n) is 3.78. The molecular formula is C19H32Cl2O. The van der Waals surface area contributed by atoms with E-state index in [-0.39, 0.29) is 0 Å². The van der Waals surface area contributed by atoms with Gasteiger partial charge in [-0.25, -0.2) is 0 Å². The molecule has 0 unspecified atom stereocenters. The quantitative estimate of drug-likeness (QED) is 0.541. The number of benzene rings is 1. The molecular weight excluding hydrogens is 315 g/mol. The molecule has 0 heterocycles. The molecule has 0 aliphatic heterocycles. The number of methoxy groups -OCH3 is 1. The predicted molar refractivity (Wildman–Crippen MR) is 101 cm³/mol. The molecule has 1 aliphatic carbocycles. The maximum atomic E-state index is 6.19. The first-order chi connectivity index (χ1) is 10.5. The smallest absolute Gasteiger partial charge is 0.0571 e. The molecule has 0 N–H and O–H groups in total. The summed E-state index contributed by atoms with van der Waals surface area (Å²) in [5, 5.41) is 1.56. The maximum absolute atomic E-state index is 6.19. The molecule has 0 radical (unpaired) electrons. The molecule has 0 spiro atoms. The zero-order valence-corrected chi connectivity index (χ0v) is 16.5. The van der Waals surface area contributed by atoms with E-state index in [0.29, 0.717) is 12.0 Å². The fraction of sp³-hybridized carbons (Fsp3) is 0.684. The van der Waals surface area contributed by atoms with Crippen LogP contribution in [0.25, 0.3) is 0 Å². The lowest BCUT2D eigenvalue weighted by Gasteiger charge is -2.28. The zero-order chi connectivity index (χ0) is 17.1. The Hall–Kier alpha value is -0.240. The minimum Gasteiger partial charge on any atom is -0.381 e. The highest BCUT2D eigenvalue weighted by Gasteiger charge is 2.22. The van der Waals surface area contributed by atoms with Crippen molar-refractivity contribution in [2.75, 3.05) is 7.11 Å². The van der Waals surface area contributed by atoms with Crippen LogP contribution < -0.4 is 0 Å². The van der Waals surface area contributed by atoms with Crippen molar-refractivity contribution in [2.24, 2.45) is 0 Å². The normalized spacial score (nSPS) is 20.4. The van der Waals surface area contributed by atoms with Gasteiger partial charge in [0, 0.05) is 17.2 Å². The first-order valence-electron chi connectivity index (χ1n) is 8.51. The van der Waals surface area contributed by atoms with Crippen molar-refractivity contribution < 1.29 is 4.74 Å². The summed E-state index contributed by atoms with van der Waals surface area (Å²) in [6, 6.07) is 4.14. The average molecular weight is 347 g/mol. The van der Waals surface area contributed by atoms with Gasteiger partial charge < -0.3 is 4.74 Å². The van der Waals surface area contributed by atoms with Crippen molar-refractivity contribution in [1.82, 2.24) is 0 Å². The summed E-state index contributed by atoms with van der Waals surface area (Å²) < 4.78 is 5.39. The van der Waals surface area contributed by atoms with Crippen molar-refractivity contribution in [3.63, 3.8) is 0 Å². The van der Waals surface area contributed by atoms with E-state index >= 15 is 0 Å². The number of halogens is 2. The molecule has 1 aliphatic rings. The topological polar surface area (TPSA) is 9.23 Å². The van der Waals surface area contributed by atoms with Crippen LogP contribution in [0.3, 0.4) is 0 Å². The minimum absolute atomic E-state index is 0.433. The molecule has 1 saturated carbocycles. The lowest BCUT2D eigenvalue weighted by atomic mass is 9.82. The number of rotatable bonds is 2. The van der Waals surface area contributed by atoms with Crippen molar-refractivity contribution >= 4 is 23.2 Å². The molecule has 0 bridgehead atoms. The van der Waals surface area contributed by atoms with Crippen LogP contribution in [0, 0.1) is 6.92 Å². The minimum atomic E-state index is 0.433. The molecule has 2 rings (SSSR count). The van der Waals surface area contributed by atoms with Crippen LogP contribution in [-0.2, 0) is 4.74 Å². The summed E-state index contributed by atoms with van der Waals surface area (Å²) in [4.78, 5) is 0. The fourth-order valence-electron chi connectivity index (χ4n) is 2.53. The highest BCUT2D eigenvalue weighted by Crippen LogP contribution is 2.37. The van der Waals surface area contributed by atoms with Crippen LogP contribution in [0.1, 0.15) is 76.8 Å². The third kappa shape index (κ3) is 6.89. The first-order valence-corrected chi connectivity index (χ1v) is 9.27. The second-order valence-corrected chi connectivity index (χ2v) is 6.34. The summed E-state index contributed by atoms with van der Waals surface area (Å²) in [5.74, 6) is 0.581. The van der Waals surface area contributed by atoms with E-state index in [1.165, 1.54) is 12.0 Å². The predicted octanol–water partition coefficient (Wildman–Crippen LogP) is 7.42. The van der Waals surface area contributed by atoms with Gasteiger partial charge in [0.1, 0.15) is 0 Å². The highest BCUT2D eigenvalue weighted by molar-refractivity contribution is 6.36. The molecule has 0 atom stereocenters. The van der Waals surface area contributed by atoms with Gasteiger partial charge in [-0.1, -0.05) is 57.3 Å². The van der Waals surface area contributed by atoms with Crippen LogP contribution in [0.5, 0.6) is 0 Å². The molecule has 1 fully saturated rings. The molecule has 128 valence electrons. The van der Waals surface area contributed by atoms with Gasteiger partial charge in [-0.2, -0.15) is 0 Å². The van der Waals surface area contributed by atoms with E-state index in [1.54, 1.807) is 7.11 Å². The van der Waals surface area contributed by atoms with Crippen LogP contribution in [0.2, 0.25) is 10.0 Å². The third-order valence-corrected chi connectivity index (χ3v) is 4.57. The van der Waals surface area contributed by atoms with Gasteiger partial charge in [0.25, 0.3) is 0 Å². The van der Waals surface area contributed by atoms with Crippen LogP contribution in [-0.4, -0.2) is 13.2 Å². The number of ether oxygens (including phenoxy) is 1. The van der Waals surface area contributed by atoms with Crippen LogP contribution >= 0.6 is 23.2 Å². The van der Waals surface area contributed by atoms with Gasteiger partial charge in [0.15, 0.2) is 0 Å². The largest absolute Gasteiger partial charge is 0.381 e. The second-order valence-electron chi connectivity index (χ2n) is 5.53. The Labute approximate surface area is 147 Å². The fourth-order valence-corrected chi connectivity index (χ4v) is 3.04. The van der Waals surface area contributed by atoms with Gasteiger partial charge in [0.2, 0.25) is 0 Å². The van der Waals surface area contributed by atoms with Crippen molar-refractivity contribution in [3.05, 3.63) is 33.3 Å². The molecule has 22 heavy (non-hydrogen) atoms. The summed E-state index contributed by atoms with van der Waals surface area (Å²) >= 11 is 12.4. The van der Waals surface area contributed by atoms with E-state index < -0.39 is 0 Å². The SMILES string of the molecule is CC.CCC.COC1CCC(c2cc(Cl)c(C)c(Cl)c2)CC1.